The quantitative estimate of drug-likeness (QED) is 0.846. The minimum atomic E-state index is 0.450. The summed E-state index contributed by atoms with van der Waals surface area (Å²) in [5.74, 6) is 3.20. The second-order valence-corrected chi connectivity index (χ2v) is 5.41. The highest BCUT2D eigenvalue weighted by Crippen LogP contribution is 2.26. The summed E-state index contributed by atoms with van der Waals surface area (Å²) in [5, 5.41) is 0. The van der Waals surface area contributed by atoms with Crippen LogP contribution < -0.4 is 5.73 Å². The SMILES string of the molecule is NC1CSCC1CCCc1ccccc1. The Kier molecular flexibility index (Phi) is 4.09. The van der Waals surface area contributed by atoms with Crippen molar-refractivity contribution in [1.82, 2.24) is 0 Å². The van der Waals surface area contributed by atoms with Gasteiger partial charge in [-0.3, -0.25) is 0 Å². The van der Waals surface area contributed by atoms with Crippen LogP contribution in [0.1, 0.15) is 18.4 Å². The number of hydrogen-bond donors (Lipinski definition) is 1. The Morgan fingerprint density at radius 2 is 2.00 bits per heavy atom. The van der Waals surface area contributed by atoms with Crippen LogP contribution in [0.15, 0.2) is 30.3 Å². The topological polar surface area (TPSA) is 26.0 Å². The molecule has 2 atom stereocenters. The maximum absolute atomic E-state index is 6.04. The summed E-state index contributed by atoms with van der Waals surface area (Å²) in [6, 6.07) is 11.2. The molecule has 1 saturated heterocycles. The van der Waals surface area contributed by atoms with Gasteiger partial charge in [0, 0.05) is 11.8 Å². The Morgan fingerprint density at radius 3 is 2.67 bits per heavy atom. The van der Waals surface area contributed by atoms with E-state index in [1.54, 1.807) is 0 Å². The van der Waals surface area contributed by atoms with Crippen molar-refractivity contribution < 1.29 is 0 Å². The van der Waals surface area contributed by atoms with E-state index >= 15 is 0 Å². The molecule has 1 aromatic carbocycles. The number of benzene rings is 1. The fourth-order valence-electron chi connectivity index (χ4n) is 2.13. The van der Waals surface area contributed by atoms with E-state index in [1.807, 2.05) is 11.8 Å². The van der Waals surface area contributed by atoms with E-state index in [4.69, 9.17) is 5.73 Å². The summed E-state index contributed by atoms with van der Waals surface area (Å²) < 4.78 is 0. The molecular weight excluding hydrogens is 202 g/mol. The summed E-state index contributed by atoms with van der Waals surface area (Å²) in [7, 11) is 0. The van der Waals surface area contributed by atoms with Crippen LogP contribution in [0, 0.1) is 5.92 Å². The van der Waals surface area contributed by atoms with Gasteiger partial charge in [-0.1, -0.05) is 30.3 Å². The van der Waals surface area contributed by atoms with Gasteiger partial charge in [0.1, 0.15) is 0 Å². The molecule has 1 nitrogen and oxygen atoms in total. The monoisotopic (exact) mass is 221 g/mol. The van der Waals surface area contributed by atoms with Crippen LogP contribution in [-0.4, -0.2) is 17.5 Å². The fourth-order valence-corrected chi connectivity index (χ4v) is 3.52. The predicted molar refractivity (Wildman–Crippen MR) is 68.2 cm³/mol. The van der Waals surface area contributed by atoms with Gasteiger partial charge in [-0.2, -0.15) is 11.8 Å². The zero-order valence-electron chi connectivity index (χ0n) is 9.06. The van der Waals surface area contributed by atoms with Gasteiger partial charge < -0.3 is 5.73 Å². The summed E-state index contributed by atoms with van der Waals surface area (Å²) in [4.78, 5) is 0. The highest BCUT2D eigenvalue weighted by atomic mass is 32.2. The zero-order valence-corrected chi connectivity index (χ0v) is 9.88. The standard InChI is InChI=1S/C13H19NS/c14-13-10-15-9-12(13)8-4-7-11-5-2-1-3-6-11/h1-3,5-6,12-13H,4,7-10,14H2. The average molecular weight is 221 g/mol. The van der Waals surface area contributed by atoms with Crippen molar-refractivity contribution in [3.8, 4) is 0 Å². The molecule has 2 rings (SSSR count). The summed E-state index contributed by atoms with van der Waals surface area (Å²) in [6.07, 6.45) is 3.78. The van der Waals surface area contributed by atoms with E-state index in [0.29, 0.717) is 6.04 Å². The first-order chi connectivity index (χ1) is 7.36. The van der Waals surface area contributed by atoms with Crippen molar-refractivity contribution in [1.29, 1.82) is 0 Å². The number of nitrogens with two attached hydrogens (primary N) is 1. The molecule has 0 aromatic heterocycles. The van der Waals surface area contributed by atoms with Crippen molar-refractivity contribution in [2.75, 3.05) is 11.5 Å². The molecule has 1 heterocycles. The minimum Gasteiger partial charge on any atom is -0.327 e. The Balaban J connectivity index is 1.71. The van der Waals surface area contributed by atoms with Crippen molar-refractivity contribution in [2.45, 2.75) is 25.3 Å². The highest BCUT2D eigenvalue weighted by Gasteiger charge is 2.23. The van der Waals surface area contributed by atoms with E-state index in [2.05, 4.69) is 30.3 Å². The van der Waals surface area contributed by atoms with Crippen LogP contribution in [0.25, 0.3) is 0 Å². The Bertz CT molecular complexity index is 286. The van der Waals surface area contributed by atoms with Gasteiger partial charge in [0.25, 0.3) is 0 Å². The largest absolute Gasteiger partial charge is 0.327 e. The van der Waals surface area contributed by atoms with Crippen molar-refractivity contribution >= 4 is 11.8 Å². The molecule has 0 radical (unpaired) electrons. The van der Waals surface area contributed by atoms with E-state index < -0.39 is 0 Å². The maximum atomic E-state index is 6.04. The summed E-state index contributed by atoms with van der Waals surface area (Å²) in [5.41, 5.74) is 7.49. The van der Waals surface area contributed by atoms with Crippen LogP contribution in [0.5, 0.6) is 0 Å². The third kappa shape index (κ3) is 3.25. The first kappa shape index (κ1) is 11.0. The number of thioether (sulfide) groups is 1. The van der Waals surface area contributed by atoms with Crippen LogP contribution in [0.2, 0.25) is 0 Å². The van der Waals surface area contributed by atoms with Crippen molar-refractivity contribution in [2.24, 2.45) is 11.7 Å². The normalized spacial score (nSPS) is 25.7. The molecule has 15 heavy (non-hydrogen) atoms. The lowest BCUT2D eigenvalue weighted by Gasteiger charge is -2.13. The van der Waals surface area contributed by atoms with Crippen LogP contribution in [0.4, 0.5) is 0 Å². The molecular formula is C13H19NS. The molecule has 0 amide bonds. The molecule has 1 aromatic rings. The molecule has 0 bridgehead atoms. The lowest BCUT2D eigenvalue weighted by Crippen LogP contribution is -2.28. The molecule has 1 aliphatic rings. The third-order valence-electron chi connectivity index (χ3n) is 3.13. The number of aryl methyl sites for hydroxylation is 1. The van der Waals surface area contributed by atoms with E-state index in [9.17, 15) is 0 Å². The average Bonchev–Trinajstić information content (AvgIpc) is 2.66. The lowest BCUT2D eigenvalue weighted by molar-refractivity contribution is 0.464. The number of rotatable bonds is 4. The first-order valence-electron chi connectivity index (χ1n) is 5.73. The van der Waals surface area contributed by atoms with Crippen molar-refractivity contribution in [3.05, 3.63) is 35.9 Å². The van der Waals surface area contributed by atoms with Crippen LogP contribution >= 0.6 is 11.8 Å². The van der Waals surface area contributed by atoms with Gasteiger partial charge in [-0.05, 0) is 36.5 Å². The molecule has 0 saturated carbocycles. The fraction of sp³-hybridized carbons (Fsp3) is 0.538. The van der Waals surface area contributed by atoms with Gasteiger partial charge >= 0.3 is 0 Å². The van der Waals surface area contributed by atoms with Gasteiger partial charge in [0.2, 0.25) is 0 Å². The van der Waals surface area contributed by atoms with Gasteiger partial charge in [-0.25, -0.2) is 0 Å². The summed E-state index contributed by atoms with van der Waals surface area (Å²) in [6.45, 7) is 0. The zero-order chi connectivity index (χ0) is 10.5. The van der Waals surface area contributed by atoms with Gasteiger partial charge in [-0.15, -0.1) is 0 Å². The second kappa shape index (κ2) is 5.57. The smallest absolute Gasteiger partial charge is 0.0166 e. The molecule has 2 N–H and O–H groups in total. The molecule has 0 aliphatic carbocycles. The van der Waals surface area contributed by atoms with E-state index in [1.165, 1.54) is 30.6 Å². The minimum absolute atomic E-state index is 0.450. The Hall–Kier alpha value is -0.470. The predicted octanol–water partition coefficient (Wildman–Crippen LogP) is 2.70. The first-order valence-corrected chi connectivity index (χ1v) is 6.89. The van der Waals surface area contributed by atoms with Crippen LogP contribution in [-0.2, 0) is 6.42 Å². The van der Waals surface area contributed by atoms with Gasteiger partial charge in [0.15, 0.2) is 0 Å². The molecule has 2 heteroatoms. The lowest BCUT2D eigenvalue weighted by atomic mass is 9.96. The van der Waals surface area contributed by atoms with Crippen molar-refractivity contribution in [3.63, 3.8) is 0 Å². The molecule has 82 valence electrons. The molecule has 0 spiro atoms. The molecule has 2 unspecified atom stereocenters. The van der Waals surface area contributed by atoms with E-state index in [0.717, 1.165) is 11.7 Å². The summed E-state index contributed by atoms with van der Waals surface area (Å²) >= 11 is 2.01. The van der Waals surface area contributed by atoms with Gasteiger partial charge in [0.05, 0.1) is 0 Å². The van der Waals surface area contributed by atoms with E-state index in [-0.39, 0.29) is 0 Å². The highest BCUT2D eigenvalue weighted by molar-refractivity contribution is 7.99. The third-order valence-corrected chi connectivity index (χ3v) is 4.42. The van der Waals surface area contributed by atoms with Crippen LogP contribution in [0.3, 0.4) is 0 Å². The second-order valence-electron chi connectivity index (χ2n) is 4.34. The Morgan fingerprint density at radius 1 is 1.20 bits per heavy atom. The maximum Gasteiger partial charge on any atom is 0.0166 e. The molecule has 1 fully saturated rings. The Labute approximate surface area is 96.4 Å². The number of hydrogen-bond acceptors (Lipinski definition) is 2. The molecule has 1 aliphatic heterocycles.